The molecule has 5 nitrogen and oxygen atoms in total. The summed E-state index contributed by atoms with van der Waals surface area (Å²) in [5.41, 5.74) is 2.54. The maximum Gasteiger partial charge on any atom is 0.223 e. The third-order valence-electron chi connectivity index (χ3n) is 4.50. The van der Waals surface area contributed by atoms with E-state index in [-0.39, 0.29) is 5.91 Å². The molecule has 3 rings (SSSR count). The van der Waals surface area contributed by atoms with Gasteiger partial charge in [0.05, 0.1) is 6.54 Å². The molecule has 0 saturated heterocycles. The molecule has 0 aliphatic carbocycles. The number of benzene rings is 1. The van der Waals surface area contributed by atoms with Gasteiger partial charge in [0.1, 0.15) is 0 Å². The van der Waals surface area contributed by atoms with E-state index >= 15 is 0 Å². The first kappa shape index (κ1) is 18.5. The van der Waals surface area contributed by atoms with E-state index in [1.165, 1.54) is 20.9 Å². The van der Waals surface area contributed by atoms with Crippen LogP contribution >= 0.6 is 11.3 Å². The highest BCUT2D eigenvalue weighted by Gasteiger charge is 2.22. The number of guanidine groups is 1. The largest absolute Gasteiger partial charge is 0.356 e. The summed E-state index contributed by atoms with van der Waals surface area (Å²) in [5, 5.41) is 6.59. The molecule has 0 unspecified atom stereocenters. The van der Waals surface area contributed by atoms with E-state index in [9.17, 15) is 4.79 Å². The summed E-state index contributed by atoms with van der Waals surface area (Å²) in [4.78, 5) is 21.2. The molecule has 2 heterocycles. The van der Waals surface area contributed by atoms with Gasteiger partial charge in [-0.05, 0) is 36.6 Å². The molecular formula is C20H26N4OS. The van der Waals surface area contributed by atoms with E-state index in [1.54, 1.807) is 18.4 Å². The molecule has 6 heteroatoms. The number of rotatable bonds is 6. The van der Waals surface area contributed by atoms with Crippen molar-refractivity contribution in [3.63, 3.8) is 0 Å². The van der Waals surface area contributed by atoms with E-state index in [0.29, 0.717) is 6.42 Å². The van der Waals surface area contributed by atoms with Crippen molar-refractivity contribution in [1.29, 1.82) is 0 Å². The minimum absolute atomic E-state index is 0.222. The second-order valence-electron chi connectivity index (χ2n) is 6.49. The number of carbonyl (C=O) groups is 1. The van der Waals surface area contributed by atoms with Gasteiger partial charge in [-0.25, -0.2) is 0 Å². The van der Waals surface area contributed by atoms with Crippen LogP contribution in [0.1, 0.15) is 33.7 Å². The highest BCUT2D eigenvalue weighted by molar-refractivity contribution is 7.11. The quantitative estimate of drug-likeness (QED) is 0.467. The highest BCUT2D eigenvalue weighted by Crippen LogP contribution is 2.22. The molecule has 0 bridgehead atoms. The van der Waals surface area contributed by atoms with Crippen LogP contribution in [0.15, 0.2) is 41.4 Å². The molecule has 1 aliphatic heterocycles. The Morgan fingerprint density at radius 3 is 2.50 bits per heavy atom. The van der Waals surface area contributed by atoms with E-state index in [1.807, 2.05) is 17.0 Å². The van der Waals surface area contributed by atoms with Crippen LogP contribution in [0.3, 0.4) is 0 Å². The Kier molecular flexibility index (Phi) is 6.28. The van der Waals surface area contributed by atoms with Crippen LogP contribution in [0.2, 0.25) is 0 Å². The van der Waals surface area contributed by atoms with Gasteiger partial charge in [-0.1, -0.05) is 24.3 Å². The summed E-state index contributed by atoms with van der Waals surface area (Å²) in [6.07, 6.45) is 1.35. The molecular weight excluding hydrogens is 344 g/mol. The predicted molar refractivity (Wildman–Crippen MR) is 107 cm³/mol. The smallest absolute Gasteiger partial charge is 0.223 e. The fourth-order valence-corrected chi connectivity index (χ4v) is 3.92. The molecule has 0 fully saturated rings. The lowest BCUT2D eigenvalue weighted by atomic mass is 10.1. The molecule has 2 aromatic rings. The lowest BCUT2D eigenvalue weighted by Gasteiger charge is -2.16. The maximum atomic E-state index is 12.4. The lowest BCUT2D eigenvalue weighted by Crippen LogP contribution is -2.37. The number of nitrogens with one attached hydrogen (secondary N) is 2. The maximum absolute atomic E-state index is 12.4. The van der Waals surface area contributed by atoms with Crippen molar-refractivity contribution in [3.05, 3.63) is 57.3 Å². The van der Waals surface area contributed by atoms with E-state index in [0.717, 1.165) is 38.6 Å². The minimum Gasteiger partial charge on any atom is -0.356 e. The summed E-state index contributed by atoms with van der Waals surface area (Å²) in [6.45, 7) is 5.09. The number of hydrogen-bond donors (Lipinski definition) is 2. The number of aryl methyl sites for hydroxylation is 1. The lowest BCUT2D eigenvalue weighted by molar-refractivity contribution is -0.131. The molecule has 1 aliphatic rings. The van der Waals surface area contributed by atoms with Crippen molar-refractivity contribution in [1.82, 2.24) is 15.5 Å². The zero-order valence-electron chi connectivity index (χ0n) is 15.4. The Labute approximate surface area is 159 Å². The molecule has 0 spiro atoms. The van der Waals surface area contributed by atoms with Crippen molar-refractivity contribution in [2.45, 2.75) is 39.4 Å². The van der Waals surface area contributed by atoms with Gasteiger partial charge in [-0.3, -0.25) is 9.79 Å². The first-order valence-corrected chi connectivity index (χ1v) is 9.82. The van der Waals surface area contributed by atoms with Crippen LogP contribution in [0, 0.1) is 6.92 Å². The Bertz CT molecular complexity index is 759. The molecule has 0 radical (unpaired) electrons. The van der Waals surface area contributed by atoms with Crippen LogP contribution in [0.25, 0.3) is 0 Å². The van der Waals surface area contributed by atoms with Gasteiger partial charge in [0.25, 0.3) is 0 Å². The topological polar surface area (TPSA) is 56.7 Å². The molecule has 26 heavy (non-hydrogen) atoms. The molecule has 0 atom stereocenters. The molecule has 1 aromatic heterocycles. The monoisotopic (exact) mass is 370 g/mol. The summed E-state index contributed by atoms with van der Waals surface area (Å²) in [5.74, 6) is 0.997. The summed E-state index contributed by atoms with van der Waals surface area (Å²) >= 11 is 1.79. The number of thiophene rings is 1. The van der Waals surface area contributed by atoms with Crippen LogP contribution in [0.4, 0.5) is 0 Å². The van der Waals surface area contributed by atoms with Gasteiger partial charge < -0.3 is 15.5 Å². The summed E-state index contributed by atoms with van der Waals surface area (Å²) < 4.78 is 0. The Balaban J connectivity index is 1.35. The second kappa shape index (κ2) is 8.85. The van der Waals surface area contributed by atoms with Gasteiger partial charge >= 0.3 is 0 Å². The number of hydrogen-bond acceptors (Lipinski definition) is 3. The Hall–Kier alpha value is -2.34. The van der Waals surface area contributed by atoms with Gasteiger partial charge in [-0.15, -0.1) is 11.3 Å². The molecule has 138 valence electrons. The third kappa shape index (κ3) is 4.85. The van der Waals surface area contributed by atoms with Crippen molar-refractivity contribution >= 4 is 23.2 Å². The Morgan fingerprint density at radius 1 is 1.15 bits per heavy atom. The van der Waals surface area contributed by atoms with E-state index in [4.69, 9.17) is 0 Å². The van der Waals surface area contributed by atoms with Crippen LogP contribution in [-0.2, 0) is 24.4 Å². The highest BCUT2D eigenvalue weighted by atomic mass is 32.1. The average Bonchev–Trinajstić information content (AvgIpc) is 3.26. The normalized spacial score (nSPS) is 13.6. The number of carbonyl (C=O) groups excluding carboxylic acids is 1. The number of aliphatic imine (C=N–C) groups is 1. The first-order valence-electron chi connectivity index (χ1n) is 9.00. The average molecular weight is 371 g/mol. The number of amides is 1. The van der Waals surface area contributed by atoms with Crippen LogP contribution in [-0.4, -0.2) is 30.4 Å². The molecule has 1 aromatic carbocycles. The fraction of sp³-hybridized carbons (Fsp3) is 0.400. The number of fused-ring (bicyclic) bond motifs is 1. The van der Waals surface area contributed by atoms with Gasteiger partial charge in [0.15, 0.2) is 5.96 Å². The minimum atomic E-state index is 0.222. The van der Waals surface area contributed by atoms with Crippen molar-refractivity contribution in [3.8, 4) is 0 Å². The predicted octanol–water partition coefficient (Wildman–Crippen LogP) is 3.04. The van der Waals surface area contributed by atoms with Gasteiger partial charge in [0.2, 0.25) is 5.91 Å². The molecule has 1 amide bonds. The SMILES string of the molecule is CN=C(NCCCC(=O)N1Cc2ccccc2C1)NCc1ccc(C)s1. The van der Waals surface area contributed by atoms with Gasteiger partial charge in [0, 0.05) is 42.9 Å². The molecule has 0 saturated carbocycles. The van der Waals surface area contributed by atoms with Gasteiger partial charge in [-0.2, -0.15) is 0 Å². The van der Waals surface area contributed by atoms with Crippen LogP contribution < -0.4 is 10.6 Å². The molecule has 2 N–H and O–H groups in total. The fourth-order valence-electron chi connectivity index (χ4n) is 3.09. The van der Waals surface area contributed by atoms with Crippen molar-refractivity contribution in [2.24, 2.45) is 4.99 Å². The van der Waals surface area contributed by atoms with Crippen molar-refractivity contribution in [2.75, 3.05) is 13.6 Å². The summed E-state index contributed by atoms with van der Waals surface area (Å²) in [7, 11) is 1.77. The first-order chi connectivity index (χ1) is 12.7. The van der Waals surface area contributed by atoms with E-state index in [2.05, 4.69) is 46.8 Å². The second-order valence-corrected chi connectivity index (χ2v) is 7.86. The standard InChI is InChI=1S/C20H26N4OS/c1-15-9-10-18(26-15)12-23-20(21-2)22-11-5-8-19(25)24-13-16-6-3-4-7-17(16)14-24/h3-4,6-7,9-10H,5,8,11-14H2,1-2H3,(H2,21,22,23). The van der Waals surface area contributed by atoms with E-state index < -0.39 is 0 Å². The zero-order valence-corrected chi connectivity index (χ0v) is 16.2. The van der Waals surface area contributed by atoms with Crippen molar-refractivity contribution < 1.29 is 4.79 Å². The summed E-state index contributed by atoms with van der Waals surface area (Å²) in [6, 6.07) is 12.5. The zero-order chi connectivity index (χ0) is 18.4. The Morgan fingerprint density at radius 2 is 1.88 bits per heavy atom. The number of nitrogens with zero attached hydrogens (tertiary/aromatic N) is 2. The van der Waals surface area contributed by atoms with Crippen LogP contribution in [0.5, 0.6) is 0 Å². The third-order valence-corrected chi connectivity index (χ3v) is 5.50.